The van der Waals surface area contributed by atoms with Gasteiger partial charge < -0.3 is 25.6 Å². The number of aliphatic imine (C=N–C) groups is 1. The molecule has 0 spiro atoms. The van der Waals surface area contributed by atoms with Gasteiger partial charge in [-0.2, -0.15) is 0 Å². The van der Waals surface area contributed by atoms with Crippen LogP contribution in [0.1, 0.15) is 39.3 Å². The molecule has 1 atom stereocenters. The van der Waals surface area contributed by atoms with Crippen molar-refractivity contribution in [2.45, 2.75) is 39.3 Å². The highest BCUT2D eigenvalue weighted by atomic mass is 16.6. The van der Waals surface area contributed by atoms with Gasteiger partial charge in [0.1, 0.15) is 12.1 Å². The van der Waals surface area contributed by atoms with E-state index in [9.17, 15) is 9.59 Å². The van der Waals surface area contributed by atoms with Crippen molar-refractivity contribution in [2.24, 2.45) is 4.99 Å². The summed E-state index contributed by atoms with van der Waals surface area (Å²) in [6.45, 7) is 8.27. The van der Waals surface area contributed by atoms with E-state index in [0.29, 0.717) is 19.0 Å². The standard InChI is InChI=1S/C20H33N5O3/c1-15(16-10-8-7-9-11-16)24-18(23-14-17(26)25(5)6)21-12-13-22-19(27)28-20(2,3)4/h7-11,15H,12-14H2,1-6H3,(H,22,27)(H2,21,23,24). The molecule has 28 heavy (non-hydrogen) atoms. The Balaban J connectivity index is 2.61. The maximum atomic E-state index is 11.8. The summed E-state index contributed by atoms with van der Waals surface area (Å²) < 4.78 is 5.20. The van der Waals surface area contributed by atoms with E-state index >= 15 is 0 Å². The molecule has 8 nitrogen and oxygen atoms in total. The number of guanidine groups is 1. The molecular formula is C20H33N5O3. The summed E-state index contributed by atoms with van der Waals surface area (Å²) >= 11 is 0. The fourth-order valence-corrected chi connectivity index (χ4v) is 2.13. The Morgan fingerprint density at radius 1 is 1.11 bits per heavy atom. The molecule has 0 heterocycles. The minimum Gasteiger partial charge on any atom is -0.444 e. The van der Waals surface area contributed by atoms with Gasteiger partial charge in [-0.15, -0.1) is 0 Å². The quantitative estimate of drug-likeness (QED) is 0.375. The number of nitrogens with zero attached hydrogens (tertiary/aromatic N) is 2. The molecule has 0 aliphatic heterocycles. The lowest BCUT2D eigenvalue weighted by Gasteiger charge is -2.21. The van der Waals surface area contributed by atoms with E-state index in [2.05, 4.69) is 20.9 Å². The summed E-state index contributed by atoms with van der Waals surface area (Å²) in [6, 6.07) is 9.94. The summed E-state index contributed by atoms with van der Waals surface area (Å²) in [4.78, 5) is 29.4. The van der Waals surface area contributed by atoms with Gasteiger partial charge in [0.25, 0.3) is 0 Å². The fourth-order valence-electron chi connectivity index (χ4n) is 2.13. The van der Waals surface area contributed by atoms with Gasteiger partial charge in [-0.3, -0.25) is 4.79 Å². The minimum absolute atomic E-state index is 0.000670. The Kier molecular flexibility index (Phi) is 9.27. The third kappa shape index (κ3) is 9.80. The van der Waals surface area contributed by atoms with E-state index in [1.54, 1.807) is 14.1 Å². The van der Waals surface area contributed by atoms with Gasteiger partial charge in [0.2, 0.25) is 5.91 Å². The molecule has 0 fully saturated rings. The summed E-state index contributed by atoms with van der Waals surface area (Å²) in [5.74, 6) is 0.401. The first-order valence-corrected chi connectivity index (χ1v) is 9.35. The molecule has 0 radical (unpaired) electrons. The molecule has 3 N–H and O–H groups in total. The molecule has 0 saturated heterocycles. The third-order valence-corrected chi connectivity index (χ3v) is 3.61. The number of hydrogen-bond donors (Lipinski definition) is 3. The van der Waals surface area contributed by atoms with E-state index in [0.717, 1.165) is 5.56 Å². The number of hydrogen-bond acceptors (Lipinski definition) is 4. The molecule has 8 heteroatoms. The lowest BCUT2D eigenvalue weighted by atomic mass is 10.1. The molecule has 1 rings (SSSR count). The number of carbonyl (C=O) groups excluding carboxylic acids is 2. The van der Waals surface area contributed by atoms with Crippen LogP contribution in [0.4, 0.5) is 4.79 Å². The Hall–Kier alpha value is -2.77. The second-order valence-electron chi connectivity index (χ2n) is 7.59. The van der Waals surface area contributed by atoms with Gasteiger partial charge in [0.15, 0.2) is 5.96 Å². The maximum absolute atomic E-state index is 11.8. The molecule has 0 bridgehead atoms. The maximum Gasteiger partial charge on any atom is 0.407 e. The van der Waals surface area contributed by atoms with E-state index in [-0.39, 0.29) is 18.5 Å². The van der Waals surface area contributed by atoms with E-state index in [1.807, 2.05) is 58.0 Å². The predicted octanol–water partition coefficient (Wildman–Crippen LogP) is 1.90. The van der Waals surface area contributed by atoms with Crippen molar-refractivity contribution in [3.8, 4) is 0 Å². The second kappa shape index (κ2) is 11.2. The summed E-state index contributed by atoms with van der Waals surface area (Å²) in [5.41, 5.74) is 0.561. The molecule has 156 valence electrons. The zero-order chi connectivity index (χ0) is 21.2. The van der Waals surface area contributed by atoms with Gasteiger partial charge in [-0.05, 0) is 33.3 Å². The zero-order valence-corrected chi connectivity index (χ0v) is 17.7. The normalized spacial score (nSPS) is 12.7. The highest BCUT2D eigenvalue weighted by molar-refractivity contribution is 5.85. The monoisotopic (exact) mass is 391 g/mol. The van der Waals surface area contributed by atoms with Gasteiger partial charge in [-0.25, -0.2) is 9.79 Å². The van der Waals surface area contributed by atoms with Crippen LogP contribution < -0.4 is 16.0 Å². The topological polar surface area (TPSA) is 95.1 Å². The molecule has 2 amide bonds. The highest BCUT2D eigenvalue weighted by Crippen LogP contribution is 2.10. The van der Waals surface area contributed by atoms with E-state index in [4.69, 9.17) is 4.74 Å². The molecule has 0 aliphatic carbocycles. The first-order chi connectivity index (χ1) is 13.1. The molecule has 0 aliphatic rings. The van der Waals surface area contributed by atoms with Crippen LogP contribution in [0.3, 0.4) is 0 Å². The number of benzene rings is 1. The summed E-state index contributed by atoms with van der Waals surface area (Å²) in [5, 5.41) is 9.09. The lowest BCUT2D eigenvalue weighted by molar-refractivity contribution is -0.127. The second-order valence-corrected chi connectivity index (χ2v) is 7.59. The Bertz CT molecular complexity index is 654. The number of ether oxygens (including phenoxy) is 1. The first kappa shape index (κ1) is 23.3. The predicted molar refractivity (Wildman–Crippen MR) is 111 cm³/mol. The number of rotatable bonds is 7. The molecular weight excluding hydrogens is 358 g/mol. The van der Waals surface area contributed by atoms with Gasteiger partial charge >= 0.3 is 6.09 Å². The third-order valence-electron chi connectivity index (χ3n) is 3.61. The van der Waals surface area contributed by atoms with Crippen LogP contribution >= 0.6 is 0 Å². The first-order valence-electron chi connectivity index (χ1n) is 9.35. The van der Waals surface area contributed by atoms with Crippen LogP contribution in [-0.2, 0) is 9.53 Å². The number of alkyl carbamates (subject to hydrolysis) is 1. The van der Waals surface area contributed by atoms with Crippen molar-refractivity contribution < 1.29 is 14.3 Å². The molecule has 0 saturated carbocycles. The smallest absolute Gasteiger partial charge is 0.407 e. The Labute approximate surface area is 167 Å². The van der Waals surface area contributed by atoms with Crippen molar-refractivity contribution >= 4 is 18.0 Å². The van der Waals surface area contributed by atoms with Gasteiger partial charge in [0, 0.05) is 27.2 Å². The van der Waals surface area contributed by atoms with Crippen LogP contribution in [0.25, 0.3) is 0 Å². The van der Waals surface area contributed by atoms with Crippen LogP contribution in [0, 0.1) is 0 Å². The average Bonchev–Trinajstić information content (AvgIpc) is 2.61. The SMILES string of the molecule is CC(NC(=NCC(=O)N(C)C)NCCNC(=O)OC(C)(C)C)c1ccccc1. The number of amides is 2. The Morgan fingerprint density at radius 2 is 1.71 bits per heavy atom. The zero-order valence-electron chi connectivity index (χ0n) is 17.7. The molecule has 1 aromatic rings. The van der Waals surface area contributed by atoms with E-state index < -0.39 is 11.7 Å². The van der Waals surface area contributed by atoms with Gasteiger partial charge in [0.05, 0.1) is 6.04 Å². The average molecular weight is 392 g/mol. The minimum atomic E-state index is -0.538. The van der Waals surface area contributed by atoms with Crippen LogP contribution in [0.15, 0.2) is 35.3 Å². The number of likely N-dealkylation sites (N-methyl/N-ethyl adjacent to an activating group) is 1. The van der Waals surface area contributed by atoms with Crippen molar-refractivity contribution in [3.05, 3.63) is 35.9 Å². The molecule has 1 unspecified atom stereocenters. The van der Waals surface area contributed by atoms with E-state index in [1.165, 1.54) is 4.90 Å². The lowest BCUT2D eigenvalue weighted by Crippen LogP contribution is -2.43. The number of carbonyl (C=O) groups is 2. The Morgan fingerprint density at radius 3 is 2.29 bits per heavy atom. The largest absolute Gasteiger partial charge is 0.444 e. The van der Waals surface area contributed by atoms with Crippen molar-refractivity contribution in [1.29, 1.82) is 0 Å². The molecule has 1 aromatic carbocycles. The number of nitrogens with one attached hydrogen (secondary N) is 3. The van der Waals surface area contributed by atoms with Crippen molar-refractivity contribution in [2.75, 3.05) is 33.7 Å². The van der Waals surface area contributed by atoms with Crippen LogP contribution in [-0.4, -0.2) is 62.2 Å². The summed E-state index contributed by atoms with van der Waals surface area (Å²) in [6.07, 6.45) is -0.471. The fraction of sp³-hybridized carbons (Fsp3) is 0.550. The summed E-state index contributed by atoms with van der Waals surface area (Å²) in [7, 11) is 3.38. The highest BCUT2D eigenvalue weighted by Gasteiger charge is 2.15. The van der Waals surface area contributed by atoms with Crippen molar-refractivity contribution in [1.82, 2.24) is 20.9 Å². The van der Waals surface area contributed by atoms with Gasteiger partial charge in [-0.1, -0.05) is 30.3 Å². The van der Waals surface area contributed by atoms with Crippen LogP contribution in [0.2, 0.25) is 0 Å². The molecule has 0 aromatic heterocycles. The van der Waals surface area contributed by atoms with Crippen LogP contribution in [0.5, 0.6) is 0 Å². The van der Waals surface area contributed by atoms with Crippen molar-refractivity contribution in [3.63, 3.8) is 0 Å².